The summed E-state index contributed by atoms with van der Waals surface area (Å²) >= 11 is 0. The molecule has 90 valence electrons. The predicted molar refractivity (Wildman–Crippen MR) is 64.9 cm³/mol. The van der Waals surface area contributed by atoms with Crippen LogP contribution in [0.15, 0.2) is 24.3 Å². The molecule has 0 unspecified atom stereocenters. The Morgan fingerprint density at radius 3 is 2.76 bits per heavy atom. The van der Waals surface area contributed by atoms with Crippen LogP contribution in [0.4, 0.5) is 0 Å². The first-order valence-corrected chi connectivity index (χ1v) is 5.24. The number of rotatable bonds is 6. The number of ether oxygens (including phenoxy) is 2. The van der Waals surface area contributed by atoms with Gasteiger partial charge in [0.15, 0.2) is 18.1 Å². The minimum atomic E-state index is -0.203. The van der Waals surface area contributed by atoms with Crippen LogP contribution in [0.25, 0.3) is 0 Å². The van der Waals surface area contributed by atoms with E-state index in [-0.39, 0.29) is 12.5 Å². The summed E-state index contributed by atoms with van der Waals surface area (Å²) in [7, 11) is 1.55. The van der Waals surface area contributed by atoms with Crippen molar-refractivity contribution in [2.45, 2.75) is 6.42 Å². The second-order valence-electron chi connectivity index (χ2n) is 3.24. The van der Waals surface area contributed by atoms with Gasteiger partial charge >= 0.3 is 0 Å². The summed E-state index contributed by atoms with van der Waals surface area (Å²) in [5.74, 6) is 3.38. The molecule has 0 bridgehead atoms. The Bertz CT molecular complexity index is 409. The fourth-order valence-electron chi connectivity index (χ4n) is 1.21. The molecule has 1 N–H and O–H groups in total. The van der Waals surface area contributed by atoms with Crippen LogP contribution in [0.1, 0.15) is 6.42 Å². The van der Waals surface area contributed by atoms with Crippen LogP contribution < -0.4 is 14.8 Å². The molecule has 0 spiro atoms. The second-order valence-corrected chi connectivity index (χ2v) is 3.24. The number of methoxy groups -OCH3 is 1. The highest BCUT2D eigenvalue weighted by atomic mass is 16.5. The average molecular weight is 233 g/mol. The molecule has 17 heavy (non-hydrogen) atoms. The Hall–Kier alpha value is -2.15. The number of carbonyl (C=O) groups is 1. The minimum Gasteiger partial charge on any atom is -0.493 e. The van der Waals surface area contributed by atoms with E-state index in [1.54, 1.807) is 19.2 Å². The lowest BCUT2D eigenvalue weighted by Gasteiger charge is -2.09. The summed E-state index contributed by atoms with van der Waals surface area (Å²) in [5, 5.41) is 2.64. The topological polar surface area (TPSA) is 47.6 Å². The third kappa shape index (κ3) is 4.47. The van der Waals surface area contributed by atoms with Crippen molar-refractivity contribution < 1.29 is 14.3 Å². The van der Waals surface area contributed by atoms with Crippen LogP contribution >= 0.6 is 0 Å². The summed E-state index contributed by atoms with van der Waals surface area (Å²) in [4.78, 5) is 11.3. The molecule has 4 heteroatoms. The van der Waals surface area contributed by atoms with Gasteiger partial charge in [-0.3, -0.25) is 4.79 Å². The van der Waals surface area contributed by atoms with Crippen LogP contribution in [-0.2, 0) is 4.79 Å². The summed E-state index contributed by atoms with van der Waals surface area (Å²) in [6.45, 7) is 0.412. The van der Waals surface area contributed by atoms with Gasteiger partial charge in [-0.25, -0.2) is 0 Å². The molecule has 0 heterocycles. The number of benzene rings is 1. The Kier molecular flexibility index (Phi) is 5.45. The zero-order valence-electron chi connectivity index (χ0n) is 9.73. The molecular weight excluding hydrogens is 218 g/mol. The van der Waals surface area contributed by atoms with E-state index in [4.69, 9.17) is 15.9 Å². The van der Waals surface area contributed by atoms with Crippen molar-refractivity contribution in [1.82, 2.24) is 5.32 Å². The van der Waals surface area contributed by atoms with Crippen molar-refractivity contribution in [3.63, 3.8) is 0 Å². The van der Waals surface area contributed by atoms with E-state index in [9.17, 15) is 4.79 Å². The van der Waals surface area contributed by atoms with Gasteiger partial charge in [-0.05, 0) is 12.1 Å². The average Bonchev–Trinajstić information content (AvgIpc) is 2.37. The zero-order chi connectivity index (χ0) is 12.5. The van der Waals surface area contributed by atoms with Gasteiger partial charge < -0.3 is 14.8 Å². The molecule has 0 aromatic heterocycles. The van der Waals surface area contributed by atoms with Crippen molar-refractivity contribution in [3.8, 4) is 23.8 Å². The van der Waals surface area contributed by atoms with E-state index >= 15 is 0 Å². The number of para-hydroxylation sites is 2. The molecule has 0 aliphatic carbocycles. The van der Waals surface area contributed by atoms with Gasteiger partial charge in [0.25, 0.3) is 5.91 Å². The maximum atomic E-state index is 11.3. The highest BCUT2D eigenvalue weighted by molar-refractivity contribution is 5.77. The van der Waals surface area contributed by atoms with Crippen molar-refractivity contribution in [3.05, 3.63) is 24.3 Å². The van der Waals surface area contributed by atoms with Crippen LogP contribution in [-0.4, -0.2) is 26.2 Å². The second kappa shape index (κ2) is 7.18. The van der Waals surface area contributed by atoms with Crippen molar-refractivity contribution >= 4 is 5.91 Å². The van der Waals surface area contributed by atoms with Crippen LogP contribution in [0.3, 0.4) is 0 Å². The molecule has 0 saturated heterocycles. The Labute approximate surface area is 101 Å². The van der Waals surface area contributed by atoms with Gasteiger partial charge in [-0.1, -0.05) is 12.1 Å². The highest BCUT2D eigenvalue weighted by Gasteiger charge is 2.05. The SMILES string of the molecule is C#CCCNC(=O)COc1ccccc1OC. The Morgan fingerprint density at radius 1 is 1.41 bits per heavy atom. The molecule has 0 aliphatic heterocycles. The molecule has 0 aliphatic rings. The van der Waals surface area contributed by atoms with Crippen LogP contribution in [0.2, 0.25) is 0 Å². The van der Waals surface area contributed by atoms with E-state index in [0.29, 0.717) is 24.5 Å². The lowest BCUT2D eigenvalue weighted by Crippen LogP contribution is -2.29. The third-order valence-corrected chi connectivity index (χ3v) is 2.02. The Morgan fingerprint density at radius 2 is 2.12 bits per heavy atom. The summed E-state index contributed by atoms with van der Waals surface area (Å²) in [6, 6.07) is 7.16. The van der Waals surface area contributed by atoms with E-state index < -0.39 is 0 Å². The summed E-state index contributed by atoms with van der Waals surface area (Å²) in [6.07, 6.45) is 5.58. The van der Waals surface area contributed by atoms with E-state index in [2.05, 4.69) is 11.2 Å². The van der Waals surface area contributed by atoms with Gasteiger partial charge in [-0.2, -0.15) is 0 Å². The van der Waals surface area contributed by atoms with Crippen LogP contribution in [0, 0.1) is 12.3 Å². The van der Waals surface area contributed by atoms with Gasteiger partial charge in [0, 0.05) is 13.0 Å². The first-order valence-electron chi connectivity index (χ1n) is 5.24. The van der Waals surface area contributed by atoms with E-state index in [1.807, 2.05) is 12.1 Å². The van der Waals surface area contributed by atoms with Crippen LogP contribution in [0.5, 0.6) is 11.5 Å². The zero-order valence-corrected chi connectivity index (χ0v) is 9.73. The summed E-state index contributed by atoms with van der Waals surface area (Å²) in [5.41, 5.74) is 0. The number of nitrogens with one attached hydrogen (secondary N) is 1. The van der Waals surface area contributed by atoms with Gasteiger partial charge in [0.2, 0.25) is 0 Å². The molecule has 4 nitrogen and oxygen atoms in total. The smallest absolute Gasteiger partial charge is 0.257 e. The fourth-order valence-corrected chi connectivity index (χ4v) is 1.21. The molecule has 1 rings (SSSR count). The lowest BCUT2D eigenvalue weighted by atomic mass is 10.3. The van der Waals surface area contributed by atoms with Crippen molar-refractivity contribution in [2.75, 3.05) is 20.3 Å². The monoisotopic (exact) mass is 233 g/mol. The maximum absolute atomic E-state index is 11.3. The molecule has 1 aromatic carbocycles. The molecule has 0 fully saturated rings. The molecule has 0 atom stereocenters. The largest absolute Gasteiger partial charge is 0.493 e. The number of amides is 1. The summed E-state index contributed by atoms with van der Waals surface area (Å²) < 4.78 is 10.4. The molecule has 1 aromatic rings. The van der Waals surface area contributed by atoms with Gasteiger partial charge in [0.05, 0.1) is 7.11 Å². The normalized spacial score (nSPS) is 9.18. The quantitative estimate of drug-likeness (QED) is 0.593. The van der Waals surface area contributed by atoms with Gasteiger partial charge in [0.1, 0.15) is 0 Å². The first kappa shape index (κ1) is 12.9. The van der Waals surface area contributed by atoms with E-state index in [1.165, 1.54) is 0 Å². The molecule has 1 amide bonds. The molecule has 0 saturated carbocycles. The van der Waals surface area contributed by atoms with Gasteiger partial charge in [-0.15, -0.1) is 12.3 Å². The number of carbonyl (C=O) groups excluding carboxylic acids is 1. The Balaban J connectivity index is 2.39. The van der Waals surface area contributed by atoms with E-state index in [0.717, 1.165) is 0 Å². The first-order chi connectivity index (χ1) is 8.27. The third-order valence-electron chi connectivity index (χ3n) is 2.02. The van der Waals surface area contributed by atoms with Crippen molar-refractivity contribution in [2.24, 2.45) is 0 Å². The fraction of sp³-hybridized carbons (Fsp3) is 0.308. The number of hydrogen-bond donors (Lipinski definition) is 1. The highest BCUT2D eigenvalue weighted by Crippen LogP contribution is 2.25. The molecule has 0 radical (unpaired) electrons. The number of terminal acetylenes is 1. The van der Waals surface area contributed by atoms with Crippen molar-refractivity contribution in [1.29, 1.82) is 0 Å². The number of hydrogen-bond acceptors (Lipinski definition) is 3. The standard InChI is InChI=1S/C13H15NO3/c1-3-4-9-14-13(15)10-17-12-8-6-5-7-11(12)16-2/h1,5-8H,4,9-10H2,2H3,(H,14,15). The maximum Gasteiger partial charge on any atom is 0.257 e. The predicted octanol–water partition coefficient (Wildman–Crippen LogP) is 1.21. The minimum absolute atomic E-state index is 0.0507. The lowest BCUT2D eigenvalue weighted by molar-refractivity contribution is -0.123. The molecular formula is C13H15NO3.